The van der Waals surface area contributed by atoms with Crippen LogP contribution in [0.3, 0.4) is 0 Å². The molecule has 0 aromatic heterocycles. The molecule has 0 unspecified atom stereocenters. The van der Waals surface area contributed by atoms with Crippen LogP contribution in [0.1, 0.15) is 65.2 Å². The van der Waals surface area contributed by atoms with E-state index in [0.29, 0.717) is 0 Å². The van der Waals surface area contributed by atoms with E-state index in [0.717, 1.165) is 6.42 Å². The van der Waals surface area contributed by atoms with Crippen LogP contribution >= 0.6 is 0 Å². The van der Waals surface area contributed by atoms with E-state index in [1.807, 2.05) is 0 Å². The predicted octanol–water partition coefficient (Wildman–Crippen LogP) is 8.18. The van der Waals surface area contributed by atoms with Gasteiger partial charge in [-0.25, -0.2) is 0 Å². The quantitative estimate of drug-likeness (QED) is 0.436. The Kier molecular flexibility index (Phi) is 5.53. The molecule has 0 spiro atoms. The van der Waals surface area contributed by atoms with Gasteiger partial charge in [0.15, 0.2) is 0 Å². The zero-order valence-corrected chi connectivity index (χ0v) is 18.6. The summed E-state index contributed by atoms with van der Waals surface area (Å²) in [5.41, 5.74) is 9.87. The molecule has 0 fully saturated rings. The monoisotopic (exact) mass is 370 g/mol. The third kappa shape index (κ3) is 4.07. The van der Waals surface area contributed by atoms with Crippen LogP contribution in [0, 0.1) is 0 Å². The molecule has 3 aromatic carbocycles. The van der Waals surface area contributed by atoms with E-state index in [-0.39, 0.29) is 10.8 Å². The zero-order chi connectivity index (χ0) is 20.5. The fraction of sp³-hybridized carbons (Fsp3) is 0.357. The summed E-state index contributed by atoms with van der Waals surface area (Å²) in [7, 11) is 0. The van der Waals surface area contributed by atoms with E-state index in [2.05, 4.69) is 115 Å². The van der Waals surface area contributed by atoms with Gasteiger partial charge in [-0.3, -0.25) is 0 Å². The van der Waals surface area contributed by atoms with Crippen molar-refractivity contribution in [1.29, 1.82) is 0 Å². The minimum atomic E-state index is 0.0842. The molecule has 0 amide bonds. The lowest BCUT2D eigenvalue weighted by Gasteiger charge is -2.31. The third-order valence-electron chi connectivity index (χ3n) is 5.52. The summed E-state index contributed by atoms with van der Waals surface area (Å²) in [5.74, 6) is 0. The molecule has 0 N–H and O–H groups in total. The van der Waals surface area contributed by atoms with Gasteiger partial charge in [-0.05, 0) is 56.2 Å². The van der Waals surface area contributed by atoms with Crippen LogP contribution in [0.4, 0.5) is 0 Å². The number of benzene rings is 3. The van der Waals surface area contributed by atoms with Crippen molar-refractivity contribution < 1.29 is 0 Å². The van der Waals surface area contributed by atoms with Gasteiger partial charge < -0.3 is 0 Å². The molecule has 0 nitrogen and oxygen atoms in total. The molecular weight excluding hydrogens is 336 g/mol. The molecule has 0 heterocycles. The number of rotatable bonds is 3. The molecule has 0 aliphatic rings. The van der Waals surface area contributed by atoms with E-state index in [1.54, 1.807) is 0 Å². The lowest BCUT2D eigenvalue weighted by Crippen LogP contribution is -2.19. The second kappa shape index (κ2) is 7.59. The molecule has 0 aliphatic heterocycles. The fourth-order valence-electron chi connectivity index (χ4n) is 4.10. The Bertz CT molecular complexity index is 948. The average Bonchev–Trinajstić information content (AvgIpc) is 2.66. The Labute approximate surface area is 171 Å². The standard InChI is InChI=1S/C28H34/c1-8-20-18-22(27(2,3)4)19-25(26(20)28(5,6)7)24-17-13-12-16-23(24)21-14-10-9-11-15-21/h9-19H,8H2,1-7H3. The van der Waals surface area contributed by atoms with Crippen LogP contribution < -0.4 is 0 Å². The molecule has 0 heteroatoms. The van der Waals surface area contributed by atoms with Gasteiger partial charge in [0.25, 0.3) is 0 Å². The van der Waals surface area contributed by atoms with Crippen molar-refractivity contribution in [2.45, 2.75) is 65.7 Å². The summed E-state index contributed by atoms with van der Waals surface area (Å²) in [4.78, 5) is 0. The molecule has 3 aromatic rings. The first-order chi connectivity index (χ1) is 13.1. The smallest absolute Gasteiger partial charge is 0.0102 e. The van der Waals surface area contributed by atoms with Crippen molar-refractivity contribution in [3.63, 3.8) is 0 Å². The van der Waals surface area contributed by atoms with Crippen LogP contribution in [0.2, 0.25) is 0 Å². The summed E-state index contributed by atoms with van der Waals surface area (Å²) < 4.78 is 0. The molecule has 0 atom stereocenters. The van der Waals surface area contributed by atoms with Gasteiger partial charge in [0.1, 0.15) is 0 Å². The Morgan fingerprint density at radius 1 is 0.607 bits per heavy atom. The number of aryl methyl sites for hydroxylation is 1. The van der Waals surface area contributed by atoms with Gasteiger partial charge in [-0.15, -0.1) is 0 Å². The van der Waals surface area contributed by atoms with Crippen molar-refractivity contribution in [1.82, 2.24) is 0 Å². The second-order valence-electron chi connectivity index (χ2n) is 9.82. The van der Waals surface area contributed by atoms with E-state index in [1.165, 1.54) is 38.9 Å². The maximum atomic E-state index is 2.45. The van der Waals surface area contributed by atoms with Crippen LogP contribution in [0.5, 0.6) is 0 Å². The Hall–Kier alpha value is -2.34. The Morgan fingerprint density at radius 3 is 1.71 bits per heavy atom. The average molecular weight is 371 g/mol. The van der Waals surface area contributed by atoms with Crippen molar-refractivity contribution in [3.8, 4) is 22.3 Å². The Morgan fingerprint density at radius 2 is 1.18 bits per heavy atom. The molecule has 0 aliphatic carbocycles. The van der Waals surface area contributed by atoms with Crippen molar-refractivity contribution in [3.05, 3.63) is 83.4 Å². The van der Waals surface area contributed by atoms with Gasteiger partial charge in [0, 0.05) is 0 Å². The molecule has 0 saturated heterocycles. The topological polar surface area (TPSA) is 0 Å². The van der Waals surface area contributed by atoms with Gasteiger partial charge >= 0.3 is 0 Å². The van der Waals surface area contributed by atoms with Crippen LogP contribution in [-0.2, 0) is 17.3 Å². The first kappa shape index (κ1) is 20.4. The minimum absolute atomic E-state index is 0.0842. The largest absolute Gasteiger partial charge is 0.0622 e. The van der Waals surface area contributed by atoms with Crippen molar-refractivity contribution >= 4 is 0 Å². The summed E-state index contributed by atoms with van der Waals surface area (Å²) in [5, 5.41) is 0. The summed E-state index contributed by atoms with van der Waals surface area (Å²) in [6.45, 7) is 16.2. The summed E-state index contributed by atoms with van der Waals surface area (Å²) in [6.07, 6.45) is 1.05. The molecule has 0 radical (unpaired) electrons. The fourth-order valence-corrected chi connectivity index (χ4v) is 4.10. The van der Waals surface area contributed by atoms with Crippen LogP contribution in [0.15, 0.2) is 66.7 Å². The normalized spacial score (nSPS) is 12.2. The van der Waals surface area contributed by atoms with Crippen LogP contribution in [-0.4, -0.2) is 0 Å². The highest BCUT2D eigenvalue weighted by Gasteiger charge is 2.26. The van der Waals surface area contributed by atoms with E-state index in [4.69, 9.17) is 0 Å². The SMILES string of the molecule is CCc1cc(C(C)(C)C)cc(-c2ccccc2-c2ccccc2)c1C(C)(C)C. The highest BCUT2D eigenvalue weighted by Crippen LogP contribution is 2.42. The van der Waals surface area contributed by atoms with E-state index >= 15 is 0 Å². The maximum Gasteiger partial charge on any atom is -0.0102 e. The lowest BCUT2D eigenvalue weighted by molar-refractivity contribution is 0.572. The first-order valence-electron chi connectivity index (χ1n) is 10.5. The lowest BCUT2D eigenvalue weighted by atomic mass is 9.74. The van der Waals surface area contributed by atoms with Gasteiger partial charge in [-0.1, -0.05) is 115 Å². The van der Waals surface area contributed by atoms with Gasteiger partial charge in [0.2, 0.25) is 0 Å². The zero-order valence-electron chi connectivity index (χ0n) is 18.6. The highest BCUT2D eigenvalue weighted by atomic mass is 14.3. The van der Waals surface area contributed by atoms with E-state index < -0.39 is 0 Å². The molecule has 0 saturated carbocycles. The molecule has 146 valence electrons. The predicted molar refractivity (Wildman–Crippen MR) is 124 cm³/mol. The van der Waals surface area contributed by atoms with Gasteiger partial charge in [0.05, 0.1) is 0 Å². The van der Waals surface area contributed by atoms with E-state index in [9.17, 15) is 0 Å². The number of hydrogen-bond acceptors (Lipinski definition) is 0. The number of hydrogen-bond donors (Lipinski definition) is 0. The third-order valence-corrected chi connectivity index (χ3v) is 5.52. The van der Waals surface area contributed by atoms with Crippen molar-refractivity contribution in [2.24, 2.45) is 0 Å². The molecule has 28 heavy (non-hydrogen) atoms. The molecule has 0 bridgehead atoms. The maximum absolute atomic E-state index is 2.45. The Balaban J connectivity index is 2.39. The summed E-state index contributed by atoms with van der Waals surface area (Å²) in [6, 6.07) is 24.5. The highest BCUT2D eigenvalue weighted by molar-refractivity contribution is 5.86. The van der Waals surface area contributed by atoms with Crippen molar-refractivity contribution in [2.75, 3.05) is 0 Å². The van der Waals surface area contributed by atoms with Crippen LogP contribution in [0.25, 0.3) is 22.3 Å². The minimum Gasteiger partial charge on any atom is -0.0622 e. The molecule has 3 rings (SSSR count). The second-order valence-corrected chi connectivity index (χ2v) is 9.82. The first-order valence-corrected chi connectivity index (χ1v) is 10.5. The van der Waals surface area contributed by atoms with Gasteiger partial charge in [-0.2, -0.15) is 0 Å². The summed E-state index contributed by atoms with van der Waals surface area (Å²) >= 11 is 0. The molecular formula is C28H34.